The summed E-state index contributed by atoms with van der Waals surface area (Å²) in [6, 6.07) is 113. The van der Waals surface area contributed by atoms with Crippen LogP contribution in [0.2, 0.25) is 0 Å². The zero-order valence-electron chi connectivity index (χ0n) is 89.1. The van der Waals surface area contributed by atoms with E-state index in [1.54, 1.807) is 30.3 Å². The molecule has 0 radical (unpaired) electrons. The molecular formula is C122H88N4. The van der Waals surface area contributed by atoms with Gasteiger partial charge in [-0.05, 0) is 244 Å². The maximum Gasteiger partial charge on any atom is 0.0645 e. The fourth-order valence-electron chi connectivity index (χ4n) is 16.9. The number of aromatic nitrogens is 2. The van der Waals surface area contributed by atoms with Crippen molar-refractivity contribution in [3.05, 3.63) is 520 Å². The summed E-state index contributed by atoms with van der Waals surface area (Å²) in [5.41, 5.74) is 18.0. The van der Waals surface area contributed by atoms with Gasteiger partial charge in [-0.1, -0.05) is 388 Å². The molecule has 0 bridgehead atoms. The predicted octanol–water partition coefficient (Wildman–Crippen LogP) is 33.3. The summed E-state index contributed by atoms with van der Waals surface area (Å²) in [5, 5.41) is 3.76. The summed E-state index contributed by atoms with van der Waals surface area (Å²) >= 11 is 0. The van der Waals surface area contributed by atoms with Crippen molar-refractivity contribution < 1.29 is 28.8 Å². The van der Waals surface area contributed by atoms with Crippen molar-refractivity contribution in [1.82, 2.24) is 9.13 Å². The first kappa shape index (κ1) is 57.0. The molecule has 126 heavy (non-hydrogen) atoms. The predicted molar refractivity (Wildman–Crippen MR) is 534 cm³/mol. The number of para-hydroxylation sites is 2. The van der Waals surface area contributed by atoms with Crippen molar-refractivity contribution in [2.75, 3.05) is 9.80 Å². The first-order valence-electron chi connectivity index (χ1n) is 52.2. The molecule has 2 heterocycles. The van der Waals surface area contributed by atoms with E-state index in [1.165, 1.54) is 11.1 Å². The molecule has 4 heteroatoms. The van der Waals surface area contributed by atoms with E-state index in [2.05, 4.69) is 167 Å². The fourth-order valence-corrected chi connectivity index (χ4v) is 16.9. The Morgan fingerprint density at radius 2 is 0.444 bits per heavy atom. The highest BCUT2D eigenvalue weighted by atomic mass is 15.1. The molecular weight excluding hydrogens is 1520 g/mol. The maximum atomic E-state index is 9.75. The quantitative estimate of drug-likeness (QED) is 0.0756. The molecule has 0 atom stereocenters. The zero-order valence-corrected chi connectivity index (χ0v) is 68.1. The summed E-state index contributed by atoms with van der Waals surface area (Å²) in [4.78, 5) is 2.97. The molecule has 20 aromatic carbocycles. The van der Waals surface area contributed by atoms with E-state index in [0.29, 0.717) is 35.6 Å². The average molecular weight is 1630 g/mol. The lowest BCUT2D eigenvalue weighted by atomic mass is 9.94. The third kappa shape index (κ3) is 15.9. The molecule has 0 aliphatic carbocycles. The third-order valence-electron chi connectivity index (χ3n) is 23.0. The molecule has 0 unspecified atom stereocenters. The summed E-state index contributed by atoms with van der Waals surface area (Å²) in [6.07, 6.45) is 0. The minimum Gasteiger partial charge on any atom is -0.336 e. The Kier molecular flexibility index (Phi) is 15.8. The molecule has 0 amide bonds. The van der Waals surface area contributed by atoms with Gasteiger partial charge in [-0.2, -0.15) is 0 Å². The lowest BCUT2D eigenvalue weighted by Crippen LogP contribution is -2.09. The van der Waals surface area contributed by atoms with Crippen LogP contribution in [0.1, 0.15) is 39.9 Å². The molecule has 22 rings (SSSR count). The normalized spacial score (nSPS) is 13.6. The fraction of sp³-hybridized carbons (Fsp3) is 0.0164. The molecule has 0 aliphatic heterocycles. The van der Waals surface area contributed by atoms with E-state index in [0.717, 1.165) is 115 Å². The molecule has 596 valence electrons. The van der Waals surface area contributed by atoms with Crippen molar-refractivity contribution in [1.29, 1.82) is 0 Å². The second-order valence-corrected chi connectivity index (χ2v) is 30.7. The van der Waals surface area contributed by atoms with Crippen LogP contribution in [0.5, 0.6) is 0 Å². The van der Waals surface area contributed by atoms with Crippen molar-refractivity contribution in [2.24, 2.45) is 0 Å². The molecule has 2 aromatic heterocycles. The number of rotatable bonds is 20. The Morgan fingerprint density at radius 3 is 0.849 bits per heavy atom. The molecule has 0 saturated heterocycles. The Balaban J connectivity index is 0.000000175. The second-order valence-electron chi connectivity index (χ2n) is 30.7. The Hall–Kier alpha value is -16.4. The first-order valence-corrected chi connectivity index (χ1v) is 41.7. The van der Waals surface area contributed by atoms with Crippen LogP contribution in [0.15, 0.2) is 509 Å². The molecule has 0 fully saturated rings. The number of anilines is 6. The smallest absolute Gasteiger partial charge is 0.0645 e. The SMILES string of the molecule is [2H]c1c([2H])c(N(c2ccc(-c3ccccc3)cc2)c2ccc(-c3ccccc3-c3ccccc3)cc2)c([2H])c([2H])c1-c1ccc2c(c1)c1ccccc1n2Cc1cccc(-c2ccccc2)c1.[2H]c1c([2H])c([2H])c(-c2c([2H])c([2H])c([2H])c([2H])c2-c2c([2H])c([2H])c(N(c3ccc(-c4ccccc4)cc3)c3c([2H])c([2H])c(-c4ccc5c(c4)c4ccccc4n5Cc4cccc(-c5ccccc5)c4)c([2H])c3[2H])c([2H])c2[2H])c([2H])c1[2H]. The zero-order chi connectivity index (χ0) is 102. The van der Waals surface area contributed by atoms with Crippen LogP contribution >= 0.6 is 0 Å². The van der Waals surface area contributed by atoms with E-state index in [1.807, 2.05) is 199 Å². The summed E-state index contributed by atoms with van der Waals surface area (Å²) in [6.45, 7) is 1.18. The number of fused-ring (bicyclic) bond motifs is 6. The van der Waals surface area contributed by atoms with Gasteiger partial charge in [-0.25, -0.2) is 0 Å². The minimum atomic E-state index is -0.881. The van der Waals surface area contributed by atoms with E-state index < -0.39 is 136 Å². The van der Waals surface area contributed by atoms with Crippen LogP contribution in [0.4, 0.5) is 34.1 Å². The number of nitrogens with zero attached hydrogens (tertiary/aromatic N) is 4. The average Bonchev–Trinajstić information content (AvgIpc) is 1.11. The topological polar surface area (TPSA) is 16.3 Å². The monoisotopic (exact) mass is 1630 g/mol. The molecule has 22 aromatic rings. The molecule has 4 nitrogen and oxygen atoms in total. The molecule has 0 aliphatic rings. The maximum absolute atomic E-state index is 9.75. The summed E-state index contributed by atoms with van der Waals surface area (Å²) in [7, 11) is 0. The first-order chi connectivity index (χ1) is 71.2. The van der Waals surface area contributed by atoms with Gasteiger partial charge in [0.15, 0.2) is 0 Å². The van der Waals surface area contributed by atoms with Crippen LogP contribution in [0.25, 0.3) is 155 Å². The molecule has 0 N–H and O–H groups in total. The number of benzene rings is 20. The summed E-state index contributed by atoms with van der Waals surface area (Å²) in [5.74, 6) is 0. The Labute approximate surface area is 766 Å². The van der Waals surface area contributed by atoms with Gasteiger partial charge < -0.3 is 18.9 Å². The van der Waals surface area contributed by atoms with Crippen LogP contribution in [-0.4, -0.2) is 9.13 Å². The highest BCUT2D eigenvalue weighted by Gasteiger charge is 2.21. The lowest BCUT2D eigenvalue weighted by molar-refractivity contribution is 0.869. The van der Waals surface area contributed by atoms with Crippen molar-refractivity contribution in [3.8, 4) is 111 Å². The number of hydrogen-bond donors (Lipinski definition) is 0. The van der Waals surface area contributed by atoms with Crippen LogP contribution < -0.4 is 9.80 Å². The standard InChI is InChI=1S/2C61H44N2/c2*1-4-16-45(17-5-1)47-27-34-53(35-28-47)63(55-38-31-50(32-39-55)57-24-11-10-23-56(57)49-20-8-3-9-21-49)54-36-29-48(30-37-54)52-33-40-61-59(42-52)58-25-12-13-26-60(58)62(61)43-44-15-14-22-51(41-44)46-18-6-2-7-19-46/h2*1-42H,43H2/i3D,8D,9D,10D,11D,20D,21D,23D,24D,29D,30D,31D,32D,36D,37D,38D,39D;29D,30D,36D,37D. The second kappa shape index (κ2) is 35.0. The van der Waals surface area contributed by atoms with Crippen molar-refractivity contribution in [3.63, 3.8) is 0 Å². The van der Waals surface area contributed by atoms with Gasteiger partial charge in [0.25, 0.3) is 0 Å². The lowest BCUT2D eigenvalue weighted by Gasteiger charge is -2.26. The highest BCUT2D eigenvalue weighted by molar-refractivity contribution is 6.11. The van der Waals surface area contributed by atoms with Gasteiger partial charge in [-0.3, -0.25) is 0 Å². The minimum absolute atomic E-state index is 0.0364. The van der Waals surface area contributed by atoms with Crippen LogP contribution in [0, 0.1) is 0 Å². The Morgan fingerprint density at radius 1 is 0.167 bits per heavy atom. The van der Waals surface area contributed by atoms with Gasteiger partial charge in [0.1, 0.15) is 0 Å². The van der Waals surface area contributed by atoms with Crippen molar-refractivity contribution >= 4 is 77.7 Å². The van der Waals surface area contributed by atoms with E-state index in [4.69, 9.17) is 12.3 Å². The van der Waals surface area contributed by atoms with Gasteiger partial charge in [0.05, 0.1) is 28.8 Å². The third-order valence-corrected chi connectivity index (χ3v) is 23.0. The van der Waals surface area contributed by atoms with Gasteiger partial charge in [0.2, 0.25) is 0 Å². The van der Waals surface area contributed by atoms with Gasteiger partial charge in [-0.15, -0.1) is 0 Å². The Bertz CT molecular complexity index is 8840. The van der Waals surface area contributed by atoms with E-state index in [-0.39, 0.29) is 46.7 Å². The summed E-state index contributed by atoms with van der Waals surface area (Å²) < 4.78 is 198. The number of hydrogen-bond acceptors (Lipinski definition) is 2. The van der Waals surface area contributed by atoms with E-state index in [9.17, 15) is 16.4 Å². The van der Waals surface area contributed by atoms with Crippen molar-refractivity contribution in [2.45, 2.75) is 13.1 Å². The molecule has 0 spiro atoms. The van der Waals surface area contributed by atoms with Crippen LogP contribution in [-0.2, 0) is 13.1 Å². The van der Waals surface area contributed by atoms with Crippen LogP contribution in [0.3, 0.4) is 0 Å². The largest absolute Gasteiger partial charge is 0.336 e. The van der Waals surface area contributed by atoms with E-state index >= 15 is 0 Å². The van der Waals surface area contributed by atoms with Gasteiger partial charge >= 0.3 is 0 Å². The molecule has 0 saturated carbocycles. The van der Waals surface area contributed by atoms with Gasteiger partial charge in [0, 0.05) is 90.8 Å². The highest BCUT2D eigenvalue weighted by Crippen LogP contribution is 2.45.